The Morgan fingerprint density at radius 1 is 1.35 bits per heavy atom. The molecule has 0 aliphatic carbocycles. The normalized spacial score (nSPS) is 18.9. The molecule has 0 bridgehead atoms. The lowest BCUT2D eigenvalue weighted by atomic mass is 9.95. The lowest BCUT2D eigenvalue weighted by Gasteiger charge is -2.32. The van der Waals surface area contributed by atoms with Gasteiger partial charge in [0.15, 0.2) is 0 Å². The van der Waals surface area contributed by atoms with Gasteiger partial charge >= 0.3 is 0 Å². The molecular formula is C16H23NO3. The summed E-state index contributed by atoms with van der Waals surface area (Å²) in [4.78, 5) is 14.0. The van der Waals surface area contributed by atoms with Crippen molar-refractivity contribution in [3.63, 3.8) is 0 Å². The molecule has 1 amide bonds. The van der Waals surface area contributed by atoms with Gasteiger partial charge in [0.1, 0.15) is 5.75 Å². The number of rotatable bonds is 6. The van der Waals surface area contributed by atoms with E-state index in [2.05, 4.69) is 0 Å². The van der Waals surface area contributed by atoms with E-state index < -0.39 is 0 Å². The summed E-state index contributed by atoms with van der Waals surface area (Å²) < 4.78 is 5.55. The topological polar surface area (TPSA) is 49.8 Å². The van der Waals surface area contributed by atoms with Crippen molar-refractivity contribution in [2.75, 3.05) is 26.3 Å². The summed E-state index contributed by atoms with van der Waals surface area (Å²) in [7, 11) is 0. The molecule has 1 aliphatic rings. The summed E-state index contributed by atoms with van der Waals surface area (Å²) in [5.74, 6) is 1.41. The minimum Gasteiger partial charge on any atom is -0.493 e. The van der Waals surface area contributed by atoms with Crippen molar-refractivity contribution in [1.82, 2.24) is 4.90 Å². The molecule has 1 unspecified atom stereocenters. The number of piperidine rings is 1. The Bertz CT molecular complexity index is 405. The minimum atomic E-state index is 0.156. The number of hydrogen-bond donors (Lipinski definition) is 1. The number of para-hydroxylation sites is 1. The van der Waals surface area contributed by atoms with Crippen LogP contribution in [0.5, 0.6) is 5.75 Å². The van der Waals surface area contributed by atoms with Crippen molar-refractivity contribution in [3.8, 4) is 5.75 Å². The minimum absolute atomic E-state index is 0.156. The number of carbonyl (C=O) groups is 1. The van der Waals surface area contributed by atoms with Crippen molar-refractivity contribution in [1.29, 1.82) is 0 Å². The molecule has 20 heavy (non-hydrogen) atoms. The largest absolute Gasteiger partial charge is 0.493 e. The smallest absolute Gasteiger partial charge is 0.226 e. The fourth-order valence-electron chi connectivity index (χ4n) is 2.64. The third-order valence-corrected chi connectivity index (χ3v) is 3.74. The highest BCUT2D eigenvalue weighted by Crippen LogP contribution is 2.19. The highest BCUT2D eigenvalue weighted by Gasteiger charge is 2.22. The zero-order chi connectivity index (χ0) is 14.2. The Labute approximate surface area is 120 Å². The first-order valence-corrected chi connectivity index (χ1v) is 7.36. The Morgan fingerprint density at radius 3 is 2.90 bits per heavy atom. The lowest BCUT2D eigenvalue weighted by molar-refractivity contribution is -0.133. The summed E-state index contributed by atoms with van der Waals surface area (Å²) >= 11 is 0. The molecule has 1 heterocycles. The molecule has 1 aromatic carbocycles. The van der Waals surface area contributed by atoms with E-state index in [1.165, 1.54) is 0 Å². The monoisotopic (exact) mass is 277 g/mol. The average Bonchev–Trinajstić information content (AvgIpc) is 2.49. The van der Waals surface area contributed by atoms with Gasteiger partial charge in [0.25, 0.3) is 0 Å². The molecule has 0 spiro atoms. The summed E-state index contributed by atoms with van der Waals surface area (Å²) in [6.07, 6.45) is 3.37. The second-order valence-electron chi connectivity index (χ2n) is 5.27. The molecule has 1 saturated heterocycles. The number of carbonyl (C=O) groups excluding carboxylic acids is 1. The van der Waals surface area contributed by atoms with Crippen LogP contribution in [0.1, 0.15) is 25.7 Å². The number of hydrogen-bond acceptors (Lipinski definition) is 3. The lowest BCUT2D eigenvalue weighted by Crippen LogP contribution is -2.40. The predicted molar refractivity (Wildman–Crippen MR) is 77.6 cm³/mol. The van der Waals surface area contributed by atoms with Crippen molar-refractivity contribution in [3.05, 3.63) is 30.3 Å². The molecule has 0 saturated carbocycles. The SMILES string of the molecule is O=C(CCOc1ccccc1)N1CCCC(CCO)C1. The molecule has 0 radical (unpaired) electrons. The Morgan fingerprint density at radius 2 is 2.15 bits per heavy atom. The summed E-state index contributed by atoms with van der Waals surface area (Å²) in [5.41, 5.74) is 0. The van der Waals surface area contributed by atoms with Gasteiger partial charge < -0.3 is 14.7 Å². The fourth-order valence-corrected chi connectivity index (χ4v) is 2.64. The van der Waals surface area contributed by atoms with E-state index in [0.29, 0.717) is 18.9 Å². The summed E-state index contributed by atoms with van der Waals surface area (Å²) in [5, 5.41) is 8.99. The maximum absolute atomic E-state index is 12.1. The van der Waals surface area contributed by atoms with Crippen LogP contribution in [-0.2, 0) is 4.79 Å². The molecule has 110 valence electrons. The van der Waals surface area contributed by atoms with Gasteiger partial charge in [0, 0.05) is 19.7 Å². The van der Waals surface area contributed by atoms with Crippen molar-refractivity contribution >= 4 is 5.91 Å². The standard InChI is InChI=1S/C16H23NO3/c18-11-8-14-5-4-10-17(13-14)16(19)9-12-20-15-6-2-1-3-7-15/h1-3,6-7,14,18H,4-5,8-13H2. The molecule has 1 aromatic rings. The van der Waals surface area contributed by atoms with E-state index >= 15 is 0 Å². The van der Waals surface area contributed by atoms with Gasteiger partial charge in [-0.05, 0) is 37.3 Å². The maximum atomic E-state index is 12.1. The second-order valence-corrected chi connectivity index (χ2v) is 5.27. The fraction of sp³-hybridized carbons (Fsp3) is 0.562. The van der Waals surface area contributed by atoms with Gasteiger partial charge in [-0.15, -0.1) is 0 Å². The Hall–Kier alpha value is -1.55. The summed E-state index contributed by atoms with van der Waals surface area (Å²) in [6, 6.07) is 9.56. The molecule has 1 N–H and O–H groups in total. The van der Waals surface area contributed by atoms with Gasteiger partial charge in [-0.25, -0.2) is 0 Å². The number of ether oxygens (including phenoxy) is 1. The van der Waals surface area contributed by atoms with Gasteiger partial charge in [0.2, 0.25) is 5.91 Å². The van der Waals surface area contributed by atoms with E-state index in [-0.39, 0.29) is 12.5 Å². The van der Waals surface area contributed by atoms with Crippen LogP contribution in [0, 0.1) is 5.92 Å². The number of benzene rings is 1. The molecule has 1 aliphatic heterocycles. The quantitative estimate of drug-likeness (QED) is 0.866. The third-order valence-electron chi connectivity index (χ3n) is 3.74. The van der Waals surface area contributed by atoms with Crippen LogP contribution < -0.4 is 4.74 Å². The Kier molecular flexibility index (Phi) is 5.87. The van der Waals surface area contributed by atoms with Crippen molar-refractivity contribution in [2.24, 2.45) is 5.92 Å². The number of likely N-dealkylation sites (tertiary alicyclic amines) is 1. The molecule has 1 atom stereocenters. The van der Waals surface area contributed by atoms with Crippen LogP contribution in [0.15, 0.2) is 30.3 Å². The zero-order valence-corrected chi connectivity index (χ0v) is 11.8. The number of aliphatic hydroxyl groups is 1. The van der Waals surface area contributed by atoms with Gasteiger partial charge in [-0.3, -0.25) is 4.79 Å². The predicted octanol–water partition coefficient (Wildman–Crippen LogP) is 2.08. The first-order valence-electron chi connectivity index (χ1n) is 7.36. The van der Waals surface area contributed by atoms with E-state index in [1.807, 2.05) is 35.2 Å². The van der Waals surface area contributed by atoms with Crippen molar-refractivity contribution in [2.45, 2.75) is 25.7 Å². The zero-order valence-electron chi connectivity index (χ0n) is 11.8. The van der Waals surface area contributed by atoms with E-state index in [0.717, 1.165) is 38.1 Å². The molecule has 4 heteroatoms. The van der Waals surface area contributed by atoms with Crippen LogP contribution in [0.4, 0.5) is 0 Å². The van der Waals surface area contributed by atoms with Crippen LogP contribution >= 0.6 is 0 Å². The number of aliphatic hydroxyl groups excluding tert-OH is 1. The van der Waals surface area contributed by atoms with Crippen LogP contribution in [0.25, 0.3) is 0 Å². The van der Waals surface area contributed by atoms with Gasteiger partial charge in [0.05, 0.1) is 13.0 Å². The van der Waals surface area contributed by atoms with Gasteiger partial charge in [-0.1, -0.05) is 18.2 Å². The average molecular weight is 277 g/mol. The van der Waals surface area contributed by atoms with Crippen molar-refractivity contribution < 1.29 is 14.6 Å². The molecular weight excluding hydrogens is 254 g/mol. The molecule has 4 nitrogen and oxygen atoms in total. The van der Waals surface area contributed by atoms with E-state index in [4.69, 9.17) is 9.84 Å². The first kappa shape index (κ1) is 14.9. The summed E-state index contributed by atoms with van der Waals surface area (Å²) in [6.45, 7) is 2.25. The van der Waals surface area contributed by atoms with Crippen LogP contribution in [0.3, 0.4) is 0 Å². The molecule has 2 rings (SSSR count). The van der Waals surface area contributed by atoms with Crippen LogP contribution in [-0.4, -0.2) is 42.2 Å². The maximum Gasteiger partial charge on any atom is 0.226 e. The second kappa shape index (κ2) is 7.90. The van der Waals surface area contributed by atoms with E-state index in [1.54, 1.807) is 0 Å². The molecule has 1 fully saturated rings. The van der Waals surface area contributed by atoms with Crippen LogP contribution in [0.2, 0.25) is 0 Å². The van der Waals surface area contributed by atoms with Gasteiger partial charge in [-0.2, -0.15) is 0 Å². The molecule has 0 aromatic heterocycles. The number of nitrogens with zero attached hydrogens (tertiary/aromatic N) is 1. The number of amides is 1. The Balaban J connectivity index is 1.71. The van der Waals surface area contributed by atoms with E-state index in [9.17, 15) is 4.79 Å². The highest BCUT2D eigenvalue weighted by atomic mass is 16.5. The third kappa shape index (κ3) is 4.53. The highest BCUT2D eigenvalue weighted by molar-refractivity contribution is 5.76. The first-order chi connectivity index (χ1) is 9.79.